The van der Waals surface area contributed by atoms with Gasteiger partial charge in [0, 0.05) is 30.8 Å². The predicted octanol–water partition coefficient (Wildman–Crippen LogP) is 5.25. The fourth-order valence-electron chi connectivity index (χ4n) is 4.33. The summed E-state index contributed by atoms with van der Waals surface area (Å²) in [5, 5.41) is 3.50. The van der Waals surface area contributed by atoms with E-state index < -0.39 is 0 Å². The van der Waals surface area contributed by atoms with Crippen LogP contribution in [0, 0.1) is 13.8 Å². The normalized spacial score (nSPS) is 14.8. The van der Waals surface area contributed by atoms with Gasteiger partial charge in [0.1, 0.15) is 18.7 Å². The summed E-state index contributed by atoms with van der Waals surface area (Å²) in [7, 11) is 0. The molecule has 0 amide bonds. The molecule has 1 N–H and O–H groups in total. The smallest absolute Gasteiger partial charge is 0.303 e. The third kappa shape index (κ3) is 3.58. The first-order valence-corrected chi connectivity index (χ1v) is 10.7. The third-order valence-electron chi connectivity index (χ3n) is 5.99. The van der Waals surface area contributed by atoms with E-state index in [9.17, 15) is 4.79 Å². The molecular weight excluding hydrogens is 402 g/mol. The van der Waals surface area contributed by atoms with E-state index in [-0.39, 0.29) is 12.1 Å². The van der Waals surface area contributed by atoms with Gasteiger partial charge in [-0.25, -0.2) is 4.98 Å². The Morgan fingerprint density at radius 2 is 2.03 bits per heavy atom. The summed E-state index contributed by atoms with van der Waals surface area (Å²) >= 11 is 0. The second-order valence-electron chi connectivity index (χ2n) is 8.13. The van der Waals surface area contributed by atoms with Crippen molar-refractivity contribution in [3.63, 3.8) is 0 Å². The average Bonchev–Trinajstić information content (AvgIpc) is 3.38. The summed E-state index contributed by atoms with van der Waals surface area (Å²) in [5.41, 5.74) is 8.74. The number of nitrogens with zero attached hydrogens (tertiary/aromatic N) is 2. The number of aryl methyl sites for hydroxylation is 1. The lowest BCUT2D eigenvalue weighted by molar-refractivity contribution is -0.147. The number of benzene rings is 3. The number of para-hydroxylation sites is 1. The maximum absolute atomic E-state index is 11.3. The summed E-state index contributed by atoms with van der Waals surface area (Å²) in [6, 6.07) is 18.5. The SMILES string of the molecule is CC(=O)O[C@@H]1COc2cc(NCc3cccc(-n4cnc5cccc(C)c54)c3C)ccc21. The molecule has 0 saturated heterocycles. The molecule has 4 aromatic rings. The van der Waals surface area contributed by atoms with Gasteiger partial charge in [0.05, 0.1) is 16.7 Å². The van der Waals surface area contributed by atoms with E-state index in [4.69, 9.17) is 9.47 Å². The van der Waals surface area contributed by atoms with Gasteiger partial charge < -0.3 is 14.8 Å². The van der Waals surface area contributed by atoms with Crippen molar-refractivity contribution in [3.8, 4) is 11.4 Å². The number of hydrogen-bond donors (Lipinski definition) is 1. The van der Waals surface area contributed by atoms with Crippen LogP contribution in [-0.4, -0.2) is 22.1 Å². The van der Waals surface area contributed by atoms with Crippen LogP contribution in [-0.2, 0) is 16.1 Å². The van der Waals surface area contributed by atoms with Crippen molar-refractivity contribution in [2.75, 3.05) is 11.9 Å². The molecule has 0 aliphatic carbocycles. The van der Waals surface area contributed by atoms with Crippen molar-refractivity contribution in [2.24, 2.45) is 0 Å². The zero-order valence-electron chi connectivity index (χ0n) is 18.4. The van der Waals surface area contributed by atoms with E-state index in [1.165, 1.54) is 23.6 Å². The molecule has 2 heterocycles. The van der Waals surface area contributed by atoms with Crippen molar-refractivity contribution in [2.45, 2.75) is 33.4 Å². The standard InChI is InChI=1S/C26H25N3O3/c1-16-6-4-8-22-26(16)29(15-28-22)23-9-5-7-19(17(23)2)13-27-20-10-11-21-24(12-20)31-14-25(21)32-18(3)30/h4-12,15,25,27H,13-14H2,1-3H3/t25-/m1/s1. The number of imidazole rings is 1. The molecule has 0 radical (unpaired) electrons. The second kappa shape index (κ2) is 8.04. The highest BCUT2D eigenvalue weighted by molar-refractivity contribution is 5.81. The minimum Gasteiger partial charge on any atom is -0.489 e. The molecule has 6 heteroatoms. The van der Waals surface area contributed by atoms with Crippen LogP contribution in [0.1, 0.15) is 35.3 Å². The van der Waals surface area contributed by atoms with E-state index in [1.54, 1.807) is 0 Å². The van der Waals surface area contributed by atoms with Gasteiger partial charge in [-0.3, -0.25) is 9.36 Å². The number of carbonyl (C=O) groups excluding carboxylic acids is 1. The molecule has 32 heavy (non-hydrogen) atoms. The highest BCUT2D eigenvalue weighted by Crippen LogP contribution is 2.37. The molecular formula is C26H25N3O3. The summed E-state index contributed by atoms with van der Waals surface area (Å²) in [6.07, 6.45) is 1.57. The van der Waals surface area contributed by atoms with Crippen LogP contribution < -0.4 is 10.1 Å². The second-order valence-corrected chi connectivity index (χ2v) is 8.13. The van der Waals surface area contributed by atoms with Crippen molar-refractivity contribution < 1.29 is 14.3 Å². The number of ether oxygens (including phenoxy) is 2. The van der Waals surface area contributed by atoms with Gasteiger partial charge in [-0.2, -0.15) is 0 Å². The van der Waals surface area contributed by atoms with Crippen LogP contribution in [0.2, 0.25) is 0 Å². The van der Waals surface area contributed by atoms with Crippen LogP contribution in [0.25, 0.3) is 16.7 Å². The summed E-state index contributed by atoms with van der Waals surface area (Å²) in [6.45, 7) is 6.71. The van der Waals surface area contributed by atoms with Crippen molar-refractivity contribution in [3.05, 3.63) is 83.2 Å². The topological polar surface area (TPSA) is 65.4 Å². The fourth-order valence-corrected chi connectivity index (χ4v) is 4.33. The Kier molecular flexibility index (Phi) is 5.05. The number of carbonyl (C=O) groups is 1. The molecule has 0 bridgehead atoms. The minimum atomic E-state index is -0.330. The number of anilines is 1. The molecule has 0 unspecified atom stereocenters. The van der Waals surface area contributed by atoms with Gasteiger partial charge in [0.15, 0.2) is 6.10 Å². The molecule has 1 aliphatic rings. The lowest BCUT2D eigenvalue weighted by Gasteiger charge is -2.15. The Bertz CT molecular complexity index is 1330. The summed E-state index contributed by atoms with van der Waals surface area (Å²) < 4.78 is 13.2. The van der Waals surface area contributed by atoms with Crippen LogP contribution in [0.3, 0.4) is 0 Å². The molecule has 1 aliphatic heterocycles. The highest BCUT2D eigenvalue weighted by atomic mass is 16.6. The quantitative estimate of drug-likeness (QED) is 0.441. The zero-order chi connectivity index (χ0) is 22.2. The highest BCUT2D eigenvalue weighted by Gasteiger charge is 2.26. The third-order valence-corrected chi connectivity index (χ3v) is 5.99. The maximum Gasteiger partial charge on any atom is 0.303 e. The zero-order valence-corrected chi connectivity index (χ0v) is 18.4. The maximum atomic E-state index is 11.3. The fraction of sp³-hybridized carbons (Fsp3) is 0.231. The lowest BCUT2D eigenvalue weighted by Crippen LogP contribution is -2.09. The molecule has 162 valence electrons. The Morgan fingerprint density at radius 1 is 1.19 bits per heavy atom. The minimum absolute atomic E-state index is 0.301. The molecule has 0 fully saturated rings. The molecule has 1 atom stereocenters. The van der Waals surface area contributed by atoms with E-state index in [1.807, 2.05) is 36.7 Å². The molecule has 3 aromatic carbocycles. The van der Waals surface area contributed by atoms with E-state index >= 15 is 0 Å². The van der Waals surface area contributed by atoms with Gasteiger partial charge in [-0.1, -0.05) is 24.3 Å². The monoisotopic (exact) mass is 427 g/mol. The van der Waals surface area contributed by atoms with Crippen molar-refractivity contribution in [1.82, 2.24) is 9.55 Å². The Labute approximate surface area is 186 Å². The number of fused-ring (bicyclic) bond motifs is 2. The number of aromatic nitrogens is 2. The number of nitrogens with one attached hydrogen (secondary N) is 1. The number of rotatable bonds is 5. The molecule has 6 nitrogen and oxygen atoms in total. The van der Waals surface area contributed by atoms with Crippen LogP contribution in [0.4, 0.5) is 5.69 Å². The number of esters is 1. The van der Waals surface area contributed by atoms with E-state index in [2.05, 4.69) is 53.0 Å². The van der Waals surface area contributed by atoms with Crippen LogP contribution >= 0.6 is 0 Å². The van der Waals surface area contributed by atoms with Gasteiger partial charge in [0.25, 0.3) is 0 Å². The van der Waals surface area contributed by atoms with Crippen molar-refractivity contribution in [1.29, 1.82) is 0 Å². The summed E-state index contributed by atoms with van der Waals surface area (Å²) in [4.78, 5) is 15.9. The first-order valence-electron chi connectivity index (χ1n) is 10.7. The largest absolute Gasteiger partial charge is 0.489 e. The first kappa shape index (κ1) is 20.1. The van der Waals surface area contributed by atoms with E-state index in [0.29, 0.717) is 13.2 Å². The van der Waals surface area contributed by atoms with Crippen LogP contribution in [0.5, 0.6) is 5.75 Å². The van der Waals surface area contributed by atoms with Gasteiger partial charge in [-0.15, -0.1) is 0 Å². The first-order chi connectivity index (χ1) is 15.5. The van der Waals surface area contributed by atoms with Crippen LogP contribution in [0.15, 0.2) is 60.9 Å². The molecule has 5 rings (SSSR count). The van der Waals surface area contributed by atoms with E-state index in [0.717, 1.165) is 33.7 Å². The summed E-state index contributed by atoms with van der Waals surface area (Å²) in [5.74, 6) is 0.456. The van der Waals surface area contributed by atoms with Gasteiger partial charge >= 0.3 is 5.97 Å². The predicted molar refractivity (Wildman–Crippen MR) is 124 cm³/mol. The van der Waals surface area contributed by atoms with Gasteiger partial charge in [-0.05, 0) is 54.8 Å². The Balaban J connectivity index is 1.38. The van der Waals surface area contributed by atoms with Gasteiger partial charge in [0.2, 0.25) is 0 Å². The lowest BCUT2D eigenvalue weighted by atomic mass is 10.1. The molecule has 0 spiro atoms. The Hall–Kier alpha value is -3.80. The number of hydrogen-bond acceptors (Lipinski definition) is 5. The molecule has 0 saturated carbocycles. The molecule has 1 aromatic heterocycles. The average molecular weight is 428 g/mol. The van der Waals surface area contributed by atoms with Crippen molar-refractivity contribution >= 4 is 22.7 Å². The Morgan fingerprint density at radius 3 is 2.88 bits per heavy atom.